The maximum absolute atomic E-state index is 6.79. The van der Waals surface area contributed by atoms with Crippen LogP contribution in [0.15, 0.2) is 0 Å². The average Bonchev–Trinajstić information content (AvgIpc) is 2.35. The van der Waals surface area contributed by atoms with Crippen molar-refractivity contribution in [3.05, 3.63) is 0 Å². The molecule has 1 N–H and O–H groups in total. The Kier molecular flexibility index (Phi) is 5.76. The van der Waals surface area contributed by atoms with Gasteiger partial charge in [0.15, 0.2) is 0 Å². The van der Waals surface area contributed by atoms with E-state index >= 15 is 0 Å². The number of hydrogen-bond acceptors (Lipinski definition) is 2. The fourth-order valence-electron chi connectivity index (χ4n) is 4.28. The van der Waals surface area contributed by atoms with E-state index < -0.39 is 0 Å². The van der Waals surface area contributed by atoms with Crippen LogP contribution in [0.2, 0.25) is 0 Å². The smallest absolute Gasteiger partial charge is 0.0810 e. The first kappa shape index (κ1) is 17.3. The fourth-order valence-corrected chi connectivity index (χ4v) is 4.28. The Bertz CT molecular complexity index is 304. The van der Waals surface area contributed by atoms with Crippen molar-refractivity contribution in [2.24, 2.45) is 11.8 Å². The molecule has 0 spiro atoms. The summed E-state index contributed by atoms with van der Waals surface area (Å²) >= 11 is 0. The molecular weight excluding hydrogens is 258 g/mol. The third-order valence-corrected chi connectivity index (χ3v) is 5.26. The van der Waals surface area contributed by atoms with Crippen molar-refractivity contribution in [1.82, 2.24) is 5.32 Å². The number of ether oxygens (including phenoxy) is 1. The summed E-state index contributed by atoms with van der Waals surface area (Å²) in [5, 5.41) is 3.72. The summed E-state index contributed by atoms with van der Waals surface area (Å²) in [6.45, 7) is 12.6. The van der Waals surface area contributed by atoms with Gasteiger partial charge in [-0.15, -0.1) is 0 Å². The second kappa shape index (κ2) is 7.00. The van der Waals surface area contributed by atoms with Crippen LogP contribution in [0, 0.1) is 11.8 Å². The molecule has 2 fully saturated rings. The molecular formula is C19H37NO. The van der Waals surface area contributed by atoms with Crippen molar-refractivity contribution < 1.29 is 4.74 Å². The van der Waals surface area contributed by atoms with Crippen LogP contribution in [0.5, 0.6) is 0 Å². The van der Waals surface area contributed by atoms with Gasteiger partial charge >= 0.3 is 0 Å². The topological polar surface area (TPSA) is 21.3 Å². The molecule has 0 aromatic heterocycles. The van der Waals surface area contributed by atoms with Gasteiger partial charge in [0.05, 0.1) is 11.7 Å². The molecule has 0 amide bonds. The Morgan fingerprint density at radius 3 is 2.05 bits per heavy atom. The lowest BCUT2D eigenvalue weighted by Crippen LogP contribution is -2.52. The molecule has 0 radical (unpaired) electrons. The predicted octanol–water partition coefficient (Wildman–Crippen LogP) is 4.92. The molecule has 2 unspecified atom stereocenters. The minimum Gasteiger partial charge on any atom is -0.370 e. The fraction of sp³-hybridized carbons (Fsp3) is 1.00. The monoisotopic (exact) mass is 295 g/mol. The highest BCUT2D eigenvalue weighted by Crippen LogP contribution is 2.38. The molecule has 0 aliphatic heterocycles. The second-order valence-corrected chi connectivity index (χ2v) is 9.00. The molecule has 2 rings (SSSR count). The van der Waals surface area contributed by atoms with Crippen molar-refractivity contribution in [2.45, 2.75) is 103 Å². The summed E-state index contributed by atoms with van der Waals surface area (Å²) in [7, 11) is 0. The Balaban J connectivity index is 1.98. The van der Waals surface area contributed by atoms with Crippen LogP contribution in [0.25, 0.3) is 0 Å². The zero-order valence-electron chi connectivity index (χ0n) is 15.0. The van der Waals surface area contributed by atoms with E-state index in [1.54, 1.807) is 0 Å². The van der Waals surface area contributed by atoms with Gasteiger partial charge in [0.1, 0.15) is 0 Å². The minimum absolute atomic E-state index is 0.104. The van der Waals surface area contributed by atoms with Gasteiger partial charge in [-0.25, -0.2) is 0 Å². The van der Waals surface area contributed by atoms with Gasteiger partial charge in [-0.05, 0) is 64.7 Å². The van der Waals surface area contributed by atoms with Crippen LogP contribution in [0.4, 0.5) is 0 Å². The van der Waals surface area contributed by atoms with Crippen LogP contribution in [0.1, 0.15) is 86.0 Å². The summed E-state index contributed by atoms with van der Waals surface area (Å²) in [4.78, 5) is 0. The van der Waals surface area contributed by atoms with Crippen molar-refractivity contribution in [2.75, 3.05) is 6.54 Å². The highest BCUT2D eigenvalue weighted by atomic mass is 16.5. The zero-order valence-corrected chi connectivity index (χ0v) is 15.0. The van der Waals surface area contributed by atoms with Crippen LogP contribution >= 0.6 is 0 Å². The molecule has 21 heavy (non-hydrogen) atoms. The van der Waals surface area contributed by atoms with E-state index in [0.29, 0.717) is 6.10 Å². The van der Waals surface area contributed by atoms with Crippen LogP contribution in [-0.2, 0) is 4.74 Å². The van der Waals surface area contributed by atoms with Gasteiger partial charge < -0.3 is 10.1 Å². The van der Waals surface area contributed by atoms with Crippen molar-refractivity contribution in [3.8, 4) is 0 Å². The summed E-state index contributed by atoms with van der Waals surface area (Å²) in [6, 6.07) is 0. The van der Waals surface area contributed by atoms with E-state index in [1.807, 2.05) is 0 Å². The average molecular weight is 296 g/mol. The molecule has 2 nitrogen and oxygen atoms in total. The summed E-state index contributed by atoms with van der Waals surface area (Å²) in [6.07, 6.45) is 11.0. The molecule has 0 saturated heterocycles. The first-order chi connectivity index (χ1) is 9.78. The normalized spacial score (nSPS) is 33.9. The molecule has 2 atom stereocenters. The number of nitrogens with one attached hydrogen (secondary N) is 1. The Morgan fingerprint density at radius 2 is 1.52 bits per heavy atom. The molecule has 0 aromatic rings. The maximum Gasteiger partial charge on any atom is 0.0810 e. The van der Waals surface area contributed by atoms with Crippen molar-refractivity contribution in [3.63, 3.8) is 0 Å². The van der Waals surface area contributed by atoms with Crippen LogP contribution in [0.3, 0.4) is 0 Å². The summed E-state index contributed by atoms with van der Waals surface area (Å²) in [5.41, 5.74) is 0.286. The lowest BCUT2D eigenvalue weighted by atomic mass is 9.80. The lowest BCUT2D eigenvalue weighted by molar-refractivity contribution is -0.133. The summed E-state index contributed by atoms with van der Waals surface area (Å²) < 4.78 is 6.79. The first-order valence-electron chi connectivity index (χ1n) is 9.21. The maximum atomic E-state index is 6.79. The van der Waals surface area contributed by atoms with Gasteiger partial charge in [-0.3, -0.25) is 0 Å². The zero-order chi connectivity index (χ0) is 15.5. The number of rotatable bonds is 4. The Morgan fingerprint density at radius 1 is 0.952 bits per heavy atom. The van der Waals surface area contributed by atoms with Crippen molar-refractivity contribution >= 4 is 0 Å². The molecule has 2 heteroatoms. The van der Waals surface area contributed by atoms with Crippen LogP contribution < -0.4 is 5.32 Å². The molecule has 124 valence electrons. The largest absolute Gasteiger partial charge is 0.370 e. The number of hydrogen-bond donors (Lipinski definition) is 1. The lowest BCUT2D eigenvalue weighted by Gasteiger charge is -2.44. The predicted molar refractivity (Wildman–Crippen MR) is 90.6 cm³/mol. The van der Waals surface area contributed by atoms with E-state index in [-0.39, 0.29) is 11.1 Å². The minimum atomic E-state index is 0.104. The van der Waals surface area contributed by atoms with Crippen LogP contribution in [-0.4, -0.2) is 23.8 Å². The first-order valence-corrected chi connectivity index (χ1v) is 9.21. The molecule has 2 aliphatic rings. The van der Waals surface area contributed by atoms with Gasteiger partial charge in [0, 0.05) is 12.1 Å². The van der Waals surface area contributed by atoms with E-state index in [0.717, 1.165) is 18.4 Å². The Hall–Kier alpha value is -0.0800. The van der Waals surface area contributed by atoms with E-state index in [4.69, 9.17) is 4.74 Å². The summed E-state index contributed by atoms with van der Waals surface area (Å²) in [5.74, 6) is 1.66. The Labute approximate surface area is 132 Å². The van der Waals surface area contributed by atoms with Gasteiger partial charge in [-0.1, -0.05) is 33.1 Å². The van der Waals surface area contributed by atoms with Gasteiger partial charge in [-0.2, -0.15) is 0 Å². The molecule has 2 aliphatic carbocycles. The molecule has 0 bridgehead atoms. The second-order valence-electron chi connectivity index (χ2n) is 9.00. The highest BCUT2D eigenvalue weighted by Gasteiger charge is 2.38. The SMILES string of the molecule is CC1CC(C)CC(OC2(CNC(C)(C)C)CCCCC2)C1. The molecule has 0 aromatic carbocycles. The third kappa shape index (κ3) is 5.56. The highest BCUT2D eigenvalue weighted by molar-refractivity contribution is 4.91. The molecule has 0 heterocycles. The van der Waals surface area contributed by atoms with E-state index in [9.17, 15) is 0 Å². The van der Waals surface area contributed by atoms with E-state index in [1.165, 1.54) is 51.4 Å². The van der Waals surface area contributed by atoms with Gasteiger partial charge in [0.25, 0.3) is 0 Å². The van der Waals surface area contributed by atoms with E-state index in [2.05, 4.69) is 39.9 Å². The third-order valence-electron chi connectivity index (χ3n) is 5.26. The molecule has 2 saturated carbocycles. The van der Waals surface area contributed by atoms with Crippen molar-refractivity contribution in [1.29, 1.82) is 0 Å². The standard InChI is InChI=1S/C19H37NO/c1-15-11-16(2)13-17(12-15)21-19(9-7-6-8-10-19)14-20-18(3,4)5/h15-17,20H,6-14H2,1-5H3. The quantitative estimate of drug-likeness (QED) is 0.795. The van der Waals surface area contributed by atoms with Gasteiger partial charge in [0.2, 0.25) is 0 Å².